The van der Waals surface area contributed by atoms with Crippen LogP contribution in [0.25, 0.3) is 10.9 Å². The molecular formula is C11H7Cl2NO3. The quantitative estimate of drug-likeness (QED) is 0.838. The summed E-state index contributed by atoms with van der Waals surface area (Å²) in [5.41, 5.74) is -0.230. The second kappa shape index (κ2) is 4.05. The van der Waals surface area contributed by atoms with Crippen molar-refractivity contribution in [1.29, 1.82) is 0 Å². The van der Waals surface area contributed by atoms with E-state index < -0.39 is 11.4 Å². The molecule has 0 saturated heterocycles. The predicted molar refractivity (Wildman–Crippen MR) is 66.3 cm³/mol. The van der Waals surface area contributed by atoms with Gasteiger partial charge in [0.1, 0.15) is 5.56 Å². The number of aromatic amines is 1. The van der Waals surface area contributed by atoms with Crippen molar-refractivity contribution in [1.82, 2.24) is 4.98 Å². The molecule has 0 aliphatic carbocycles. The first-order valence-corrected chi connectivity index (χ1v) is 5.42. The third-order valence-corrected chi connectivity index (χ3v) is 2.94. The second-order valence-corrected chi connectivity index (χ2v) is 4.41. The molecule has 0 aliphatic rings. The average Bonchev–Trinajstić information content (AvgIpc) is 2.19. The molecule has 0 radical (unpaired) electrons. The number of carbonyl (C=O) groups is 1. The molecule has 0 unspecified atom stereocenters. The number of halogens is 2. The smallest absolute Gasteiger partial charge is 0.341 e. The highest BCUT2D eigenvalue weighted by Crippen LogP contribution is 2.25. The second-order valence-electron chi connectivity index (χ2n) is 3.57. The molecule has 0 atom stereocenters. The third kappa shape index (κ3) is 1.90. The molecular weight excluding hydrogens is 265 g/mol. The van der Waals surface area contributed by atoms with Gasteiger partial charge in [-0.05, 0) is 19.1 Å². The fraction of sp³-hybridized carbons (Fsp3) is 0.0909. The van der Waals surface area contributed by atoms with Crippen LogP contribution in [-0.2, 0) is 0 Å². The van der Waals surface area contributed by atoms with Gasteiger partial charge in [0.05, 0.1) is 10.5 Å². The summed E-state index contributed by atoms with van der Waals surface area (Å²) < 4.78 is 0. The maximum atomic E-state index is 12.0. The molecule has 1 aromatic carbocycles. The molecule has 1 heterocycles. The Hall–Kier alpha value is -1.52. The van der Waals surface area contributed by atoms with Crippen molar-refractivity contribution in [2.45, 2.75) is 6.92 Å². The molecule has 1 aromatic heterocycles. The van der Waals surface area contributed by atoms with E-state index in [1.807, 2.05) is 0 Å². The van der Waals surface area contributed by atoms with Crippen LogP contribution in [0.3, 0.4) is 0 Å². The van der Waals surface area contributed by atoms with Crippen molar-refractivity contribution < 1.29 is 9.90 Å². The molecule has 0 fully saturated rings. The van der Waals surface area contributed by atoms with E-state index in [-0.39, 0.29) is 26.7 Å². The van der Waals surface area contributed by atoms with Gasteiger partial charge in [-0.1, -0.05) is 23.2 Å². The lowest BCUT2D eigenvalue weighted by Gasteiger charge is -2.06. The van der Waals surface area contributed by atoms with Gasteiger partial charge in [-0.2, -0.15) is 0 Å². The van der Waals surface area contributed by atoms with Crippen molar-refractivity contribution in [3.8, 4) is 0 Å². The number of H-pyrrole nitrogens is 1. The first-order chi connectivity index (χ1) is 7.91. The average molecular weight is 272 g/mol. The Morgan fingerprint density at radius 1 is 1.35 bits per heavy atom. The minimum atomic E-state index is -1.28. The van der Waals surface area contributed by atoms with Crippen LogP contribution in [0.2, 0.25) is 10.0 Å². The van der Waals surface area contributed by atoms with Crippen molar-refractivity contribution in [3.63, 3.8) is 0 Å². The Kier molecular flexibility index (Phi) is 2.85. The van der Waals surface area contributed by atoms with Gasteiger partial charge in [0.2, 0.25) is 5.43 Å². The van der Waals surface area contributed by atoms with Gasteiger partial charge in [-0.25, -0.2) is 4.79 Å². The number of fused-ring (bicyclic) bond motifs is 1. The summed E-state index contributed by atoms with van der Waals surface area (Å²) in [5.74, 6) is -1.28. The Morgan fingerprint density at radius 2 is 2.00 bits per heavy atom. The number of aryl methyl sites for hydroxylation is 1. The van der Waals surface area contributed by atoms with E-state index >= 15 is 0 Å². The Balaban J connectivity index is 3.03. The minimum Gasteiger partial charge on any atom is -0.477 e. The number of pyridine rings is 1. The molecule has 0 spiro atoms. The molecule has 2 aromatic rings. The van der Waals surface area contributed by atoms with Gasteiger partial charge < -0.3 is 10.1 Å². The molecule has 0 aliphatic heterocycles. The van der Waals surface area contributed by atoms with E-state index in [1.165, 1.54) is 19.1 Å². The van der Waals surface area contributed by atoms with Crippen LogP contribution >= 0.6 is 23.2 Å². The standard InChI is InChI=1S/C11H7Cl2NO3/c1-4-8(11(16)17)10(15)6-2-5(12)3-7(13)9(6)14-4/h2-3H,1H3,(H,14,15)(H,16,17). The predicted octanol–water partition coefficient (Wildman–Crippen LogP) is 2.84. The van der Waals surface area contributed by atoms with Crippen LogP contribution in [0.5, 0.6) is 0 Å². The molecule has 2 rings (SSSR count). The lowest BCUT2D eigenvalue weighted by atomic mass is 10.1. The van der Waals surface area contributed by atoms with Crippen LogP contribution in [0.4, 0.5) is 0 Å². The lowest BCUT2D eigenvalue weighted by Crippen LogP contribution is -2.18. The highest BCUT2D eigenvalue weighted by Gasteiger charge is 2.17. The maximum absolute atomic E-state index is 12.0. The van der Waals surface area contributed by atoms with Gasteiger partial charge in [-0.3, -0.25) is 4.79 Å². The van der Waals surface area contributed by atoms with Gasteiger partial charge >= 0.3 is 5.97 Å². The van der Waals surface area contributed by atoms with E-state index in [4.69, 9.17) is 28.3 Å². The number of rotatable bonds is 1. The molecule has 0 amide bonds. The van der Waals surface area contributed by atoms with Gasteiger partial charge in [0, 0.05) is 16.1 Å². The summed E-state index contributed by atoms with van der Waals surface area (Å²) in [5, 5.41) is 9.70. The van der Waals surface area contributed by atoms with E-state index in [9.17, 15) is 9.59 Å². The minimum absolute atomic E-state index is 0.172. The van der Waals surface area contributed by atoms with Crippen LogP contribution in [0.1, 0.15) is 16.1 Å². The Labute approximate surface area is 106 Å². The fourth-order valence-corrected chi connectivity index (χ4v) is 2.23. The number of carboxylic acids is 1. The van der Waals surface area contributed by atoms with Gasteiger partial charge in [-0.15, -0.1) is 0 Å². The van der Waals surface area contributed by atoms with Crippen molar-refractivity contribution >= 4 is 40.1 Å². The van der Waals surface area contributed by atoms with E-state index in [1.54, 1.807) is 0 Å². The Bertz CT molecular complexity index is 691. The normalized spacial score (nSPS) is 10.8. The highest BCUT2D eigenvalue weighted by atomic mass is 35.5. The summed E-state index contributed by atoms with van der Waals surface area (Å²) in [4.78, 5) is 25.8. The maximum Gasteiger partial charge on any atom is 0.341 e. The summed E-state index contributed by atoms with van der Waals surface area (Å²) >= 11 is 11.7. The molecule has 88 valence electrons. The first kappa shape index (κ1) is 12.0. The van der Waals surface area contributed by atoms with Crippen LogP contribution in [0, 0.1) is 6.92 Å². The number of aromatic nitrogens is 1. The number of nitrogens with one attached hydrogen (secondary N) is 1. The SMILES string of the molecule is Cc1[nH]c2c(Cl)cc(Cl)cc2c(=O)c1C(=O)O. The first-order valence-electron chi connectivity index (χ1n) is 4.66. The van der Waals surface area contributed by atoms with E-state index in [2.05, 4.69) is 4.98 Å². The third-order valence-electron chi connectivity index (χ3n) is 2.43. The molecule has 6 heteroatoms. The van der Waals surface area contributed by atoms with Gasteiger partial charge in [0.25, 0.3) is 0 Å². The van der Waals surface area contributed by atoms with Crippen molar-refractivity contribution in [3.05, 3.63) is 43.7 Å². The topological polar surface area (TPSA) is 70.2 Å². The van der Waals surface area contributed by atoms with Crippen molar-refractivity contribution in [2.24, 2.45) is 0 Å². The molecule has 17 heavy (non-hydrogen) atoms. The zero-order valence-corrected chi connectivity index (χ0v) is 10.2. The number of hydrogen-bond acceptors (Lipinski definition) is 2. The molecule has 2 N–H and O–H groups in total. The summed E-state index contributed by atoms with van der Waals surface area (Å²) in [6.07, 6.45) is 0. The lowest BCUT2D eigenvalue weighted by molar-refractivity contribution is 0.0694. The van der Waals surface area contributed by atoms with Gasteiger partial charge in [0.15, 0.2) is 0 Å². The van der Waals surface area contributed by atoms with Crippen molar-refractivity contribution in [2.75, 3.05) is 0 Å². The molecule has 0 bridgehead atoms. The summed E-state index contributed by atoms with van der Waals surface area (Å²) in [6, 6.07) is 2.88. The summed E-state index contributed by atoms with van der Waals surface area (Å²) in [7, 11) is 0. The molecule has 0 saturated carbocycles. The number of hydrogen-bond donors (Lipinski definition) is 2. The monoisotopic (exact) mass is 271 g/mol. The Morgan fingerprint density at radius 3 is 2.59 bits per heavy atom. The van der Waals surface area contributed by atoms with Crippen LogP contribution in [-0.4, -0.2) is 16.1 Å². The zero-order valence-electron chi connectivity index (χ0n) is 8.67. The van der Waals surface area contributed by atoms with Crippen LogP contribution in [0.15, 0.2) is 16.9 Å². The largest absolute Gasteiger partial charge is 0.477 e. The van der Waals surface area contributed by atoms with E-state index in [0.717, 1.165) is 0 Å². The number of benzene rings is 1. The summed E-state index contributed by atoms with van der Waals surface area (Å²) in [6.45, 7) is 1.51. The zero-order chi connectivity index (χ0) is 12.7. The highest BCUT2D eigenvalue weighted by molar-refractivity contribution is 6.38. The fourth-order valence-electron chi connectivity index (χ4n) is 1.69. The van der Waals surface area contributed by atoms with E-state index in [0.29, 0.717) is 5.52 Å². The van der Waals surface area contributed by atoms with Crippen LogP contribution < -0.4 is 5.43 Å². The number of aromatic carboxylic acids is 1. The number of carboxylic acid groups (broad SMARTS) is 1. The molecule has 4 nitrogen and oxygen atoms in total.